The van der Waals surface area contributed by atoms with Crippen molar-refractivity contribution in [1.29, 1.82) is 5.26 Å². The number of pyridine rings is 1. The second-order valence-electron chi connectivity index (χ2n) is 4.52. The van der Waals surface area contributed by atoms with E-state index in [9.17, 15) is 4.79 Å². The number of anilines is 1. The fraction of sp³-hybridized carbons (Fsp3) is 0.133. The van der Waals surface area contributed by atoms with Crippen LogP contribution in [-0.4, -0.2) is 10.9 Å². The van der Waals surface area contributed by atoms with Crippen LogP contribution in [0.3, 0.4) is 0 Å². The van der Waals surface area contributed by atoms with Crippen molar-refractivity contribution >= 4 is 11.7 Å². The van der Waals surface area contributed by atoms with E-state index < -0.39 is 0 Å². The maximum absolute atomic E-state index is 12.1. The lowest BCUT2D eigenvalue weighted by atomic mass is 10.1. The summed E-state index contributed by atoms with van der Waals surface area (Å²) < 4.78 is 0. The highest BCUT2D eigenvalue weighted by molar-refractivity contribution is 5.94. The van der Waals surface area contributed by atoms with Gasteiger partial charge in [0.05, 0.1) is 11.6 Å². The summed E-state index contributed by atoms with van der Waals surface area (Å²) in [6.07, 6.45) is 0. The fourth-order valence-corrected chi connectivity index (χ4v) is 1.91. The van der Waals surface area contributed by atoms with Crippen molar-refractivity contribution in [2.45, 2.75) is 13.5 Å². The van der Waals surface area contributed by atoms with Gasteiger partial charge in [-0.2, -0.15) is 5.26 Å². The number of aryl methyl sites for hydroxylation is 1. The zero-order valence-electron chi connectivity index (χ0n) is 11.6. The lowest BCUT2D eigenvalue weighted by Crippen LogP contribution is -2.23. The van der Waals surface area contributed by atoms with Crippen molar-refractivity contribution in [2.24, 2.45) is 5.84 Å². The number of nitrogens with one attached hydrogen (secondary N) is 2. The summed E-state index contributed by atoms with van der Waals surface area (Å²) in [6.45, 7) is 2.13. The number of hydrogen-bond acceptors (Lipinski definition) is 5. The molecule has 0 aliphatic carbocycles. The molecule has 0 aliphatic heterocycles. The molecule has 0 bridgehead atoms. The topological polar surface area (TPSA) is 104 Å². The van der Waals surface area contributed by atoms with Gasteiger partial charge in [-0.3, -0.25) is 4.79 Å². The van der Waals surface area contributed by atoms with Gasteiger partial charge in [0, 0.05) is 17.8 Å². The van der Waals surface area contributed by atoms with Gasteiger partial charge in [0.1, 0.15) is 5.82 Å². The molecule has 0 saturated heterocycles. The van der Waals surface area contributed by atoms with E-state index in [2.05, 4.69) is 21.8 Å². The Balaban J connectivity index is 2.08. The number of rotatable bonds is 4. The third-order valence-electron chi connectivity index (χ3n) is 2.87. The molecule has 0 unspecified atom stereocenters. The summed E-state index contributed by atoms with van der Waals surface area (Å²) in [5, 5.41) is 11.6. The molecule has 0 atom stereocenters. The van der Waals surface area contributed by atoms with Gasteiger partial charge in [-0.15, -0.1) is 0 Å². The Hall–Kier alpha value is -2.91. The minimum atomic E-state index is -0.223. The van der Waals surface area contributed by atoms with Crippen LogP contribution in [0.4, 0.5) is 5.82 Å². The number of hydrogen-bond donors (Lipinski definition) is 3. The molecular formula is C15H15N5O. The smallest absolute Gasteiger partial charge is 0.251 e. The average molecular weight is 281 g/mol. The quantitative estimate of drug-likeness (QED) is 0.581. The predicted octanol–water partition coefficient (Wildman–Crippen LogP) is 1.48. The number of carbonyl (C=O) groups excluding carboxylic acids is 1. The Morgan fingerprint density at radius 1 is 1.38 bits per heavy atom. The molecule has 2 aromatic rings. The summed E-state index contributed by atoms with van der Waals surface area (Å²) in [5.74, 6) is 5.52. The van der Waals surface area contributed by atoms with Crippen molar-refractivity contribution in [3.05, 3.63) is 58.8 Å². The van der Waals surface area contributed by atoms with Crippen LogP contribution < -0.4 is 16.6 Å². The van der Waals surface area contributed by atoms with Crippen LogP contribution in [0.25, 0.3) is 0 Å². The van der Waals surface area contributed by atoms with Crippen LogP contribution in [-0.2, 0) is 6.54 Å². The van der Waals surface area contributed by atoms with Crippen LogP contribution in [0, 0.1) is 18.3 Å². The minimum Gasteiger partial charge on any atom is -0.348 e. The molecule has 1 aromatic heterocycles. The molecule has 6 nitrogen and oxygen atoms in total. The Bertz CT molecular complexity index is 705. The fourth-order valence-electron chi connectivity index (χ4n) is 1.91. The maximum Gasteiger partial charge on any atom is 0.251 e. The Morgan fingerprint density at radius 3 is 2.90 bits per heavy atom. The number of nitrogens with two attached hydrogens (primary N) is 1. The van der Waals surface area contributed by atoms with Crippen molar-refractivity contribution < 1.29 is 4.79 Å². The third-order valence-corrected chi connectivity index (χ3v) is 2.87. The lowest BCUT2D eigenvalue weighted by molar-refractivity contribution is 0.0950. The molecule has 0 saturated carbocycles. The summed E-state index contributed by atoms with van der Waals surface area (Å²) in [4.78, 5) is 16.2. The highest BCUT2D eigenvalue weighted by Crippen LogP contribution is 2.10. The normalized spacial score (nSPS) is 9.76. The molecular weight excluding hydrogens is 266 g/mol. The largest absolute Gasteiger partial charge is 0.348 e. The first-order chi connectivity index (χ1) is 10.1. The van der Waals surface area contributed by atoms with Gasteiger partial charge in [-0.05, 0) is 36.8 Å². The zero-order chi connectivity index (χ0) is 15.2. The van der Waals surface area contributed by atoms with Gasteiger partial charge >= 0.3 is 0 Å². The monoisotopic (exact) mass is 281 g/mol. The highest BCUT2D eigenvalue weighted by Gasteiger charge is 2.08. The molecule has 1 aromatic carbocycles. The van der Waals surface area contributed by atoms with Gasteiger partial charge in [-0.1, -0.05) is 12.1 Å². The van der Waals surface area contributed by atoms with E-state index in [0.29, 0.717) is 29.2 Å². The molecule has 2 rings (SSSR count). The molecule has 106 valence electrons. The van der Waals surface area contributed by atoms with E-state index in [4.69, 9.17) is 11.1 Å². The molecule has 4 N–H and O–H groups in total. The van der Waals surface area contributed by atoms with Crippen LogP contribution in [0.2, 0.25) is 0 Å². The minimum absolute atomic E-state index is 0.223. The molecule has 0 fully saturated rings. The number of amides is 1. The Morgan fingerprint density at radius 2 is 2.19 bits per heavy atom. The predicted molar refractivity (Wildman–Crippen MR) is 79.1 cm³/mol. The van der Waals surface area contributed by atoms with Gasteiger partial charge in [-0.25, -0.2) is 10.8 Å². The molecule has 0 radical (unpaired) electrons. The summed E-state index contributed by atoms with van der Waals surface area (Å²) in [6, 6.07) is 12.4. The van der Waals surface area contributed by atoms with Gasteiger partial charge in [0.15, 0.2) is 0 Å². The van der Waals surface area contributed by atoms with Gasteiger partial charge in [0.25, 0.3) is 5.91 Å². The van der Waals surface area contributed by atoms with E-state index in [1.807, 2.05) is 6.07 Å². The first-order valence-electron chi connectivity index (χ1n) is 6.35. The van der Waals surface area contributed by atoms with E-state index in [0.717, 1.165) is 5.56 Å². The van der Waals surface area contributed by atoms with Crippen LogP contribution in [0.5, 0.6) is 0 Å². The van der Waals surface area contributed by atoms with Crippen molar-refractivity contribution in [3.8, 4) is 6.07 Å². The van der Waals surface area contributed by atoms with E-state index in [1.165, 1.54) is 0 Å². The second-order valence-corrected chi connectivity index (χ2v) is 4.52. The zero-order valence-corrected chi connectivity index (χ0v) is 11.6. The van der Waals surface area contributed by atoms with Crippen LogP contribution >= 0.6 is 0 Å². The molecule has 0 aliphatic rings. The summed E-state index contributed by atoms with van der Waals surface area (Å²) in [7, 11) is 0. The first-order valence-corrected chi connectivity index (χ1v) is 6.35. The van der Waals surface area contributed by atoms with E-state index >= 15 is 0 Å². The van der Waals surface area contributed by atoms with Crippen molar-refractivity contribution in [2.75, 3.05) is 5.43 Å². The number of aromatic nitrogens is 1. The molecule has 1 amide bonds. The maximum atomic E-state index is 12.1. The van der Waals surface area contributed by atoms with Crippen molar-refractivity contribution in [1.82, 2.24) is 10.3 Å². The number of nitrogen functional groups attached to an aromatic ring is 1. The number of nitrogens with zero attached hydrogens (tertiary/aromatic N) is 2. The highest BCUT2D eigenvalue weighted by atomic mass is 16.1. The van der Waals surface area contributed by atoms with Gasteiger partial charge < -0.3 is 10.7 Å². The van der Waals surface area contributed by atoms with E-state index in [-0.39, 0.29) is 5.91 Å². The average Bonchev–Trinajstić information content (AvgIpc) is 2.52. The summed E-state index contributed by atoms with van der Waals surface area (Å²) in [5.41, 5.74) is 5.03. The van der Waals surface area contributed by atoms with Gasteiger partial charge in [0.2, 0.25) is 0 Å². The standard InChI is InChI=1S/C15H15N5O/c1-10-5-13(7-14(19-10)20-17)15(21)18-9-12-4-2-3-11(6-12)8-16/h2-7H,9,17H2,1H3,(H,18,21)(H,19,20). The number of nitriles is 1. The molecule has 0 spiro atoms. The number of benzene rings is 1. The molecule has 6 heteroatoms. The summed E-state index contributed by atoms with van der Waals surface area (Å²) >= 11 is 0. The van der Waals surface area contributed by atoms with Crippen LogP contribution in [0.15, 0.2) is 36.4 Å². The second kappa shape index (κ2) is 6.50. The Kier molecular flexibility index (Phi) is 4.49. The van der Waals surface area contributed by atoms with Crippen LogP contribution in [0.1, 0.15) is 27.2 Å². The lowest BCUT2D eigenvalue weighted by Gasteiger charge is -2.08. The molecule has 21 heavy (non-hydrogen) atoms. The Labute approximate surface area is 122 Å². The number of carbonyl (C=O) groups is 1. The SMILES string of the molecule is Cc1cc(C(=O)NCc2cccc(C#N)c2)cc(NN)n1. The first kappa shape index (κ1) is 14.5. The molecule has 1 heterocycles. The third kappa shape index (κ3) is 3.78. The van der Waals surface area contributed by atoms with E-state index in [1.54, 1.807) is 37.3 Å². The number of hydrazine groups is 1. The van der Waals surface area contributed by atoms with Crippen molar-refractivity contribution in [3.63, 3.8) is 0 Å².